The van der Waals surface area contributed by atoms with E-state index in [1.54, 1.807) is 13.2 Å². The highest BCUT2D eigenvalue weighted by Gasteiger charge is 2.25. The number of aromatic carboxylic acids is 1. The Morgan fingerprint density at radius 1 is 1.29 bits per heavy atom. The molecule has 2 aromatic rings. The van der Waals surface area contributed by atoms with Gasteiger partial charge in [0.25, 0.3) is 0 Å². The molecule has 4 nitrogen and oxygen atoms in total. The summed E-state index contributed by atoms with van der Waals surface area (Å²) in [5.41, 5.74) is 3.72. The van der Waals surface area contributed by atoms with Gasteiger partial charge in [-0.05, 0) is 49.4 Å². The molecular weight excluding hydrogens is 266 g/mol. The molecule has 21 heavy (non-hydrogen) atoms. The zero-order valence-electron chi connectivity index (χ0n) is 12.1. The highest BCUT2D eigenvalue weighted by Crippen LogP contribution is 2.43. The summed E-state index contributed by atoms with van der Waals surface area (Å²) < 4.78 is 5.42. The number of carbonyl (C=O) groups is 1. The number of hydrogen-bond donors (Lipinski definition) is 1. The fourth-order valence-electron chi connectivity index (χ4n) is 2.56. The Kier molecular flexibility index (Phi) is 3.37. The van der Waals surface area contributed by atoms with Gasteiger partial charge in [-0.1, -0.05) is 6.07 Å². The maximum atomic E-state index is 11.5. The van der Waals surface area contributed by atoms with Crippen LogP contribution < -0.4 is 4.74 Å². The van der Waals surface area contributed by atoms with Crippen LogP contribution in [-0.2, 0) is 0 Å². The molecule has 3 rings (SSSR count). The molecule has 1 aromatic heterocycles. The van der Waals surface area contributed by atoms with E-state index >= 15 is 0 Å². The molecule has 0 bridgehead atoms. The number of ether oxygens (including phenoxy) is 1. The Labute approximate surface area is 123 Å². The predicted molar refractivity (Wildman–Crippen MR) is 79.9 cm³/mol. The van der Waals surface area contributed by atoms with Crippen LogP contribution in [0.25, 0.3) is 11.1 Å². The van der Waals surface area contributed by atoms with Crippen molar-refractivity contribution in [3.8, 4) is 16.9 Å². The normalized spacial score (nSPS) is 14.0. The smallest absolute Gasteiger partial charge is 0.337 e. The second kappa shape index (κ2) is 5.20. The summed E-state index contributed by atoms with van der Waals surface area (Å²) in [6.07, 6.45) is 3.82. The summed E-state index contributed by atoms with van der Waals surface area (Å²) in [4.78, 5) is 15.5. The van der Waals surface area contributed by atoms with Gasteiger partial charge < -0.3 is 9.84 Å². The maximum Gasteiger partial charge on any atom is 0.337 e. The molecule has 4 heteroatoms. The largest absolute Gasteiger partial charge is 0.496 e. The molecule has 0 radical (unpaired) electrons. The lowest BCUT2D eigenvalue weighted by molar-refractivity contribution is 0.0697. The van der Waals surface area contributed by atoms with Crippen molar-refractivity contribution >= 4 is 5.97 Å². The summed E-state index contributed by atoms with van der Waals surface area (Å²) in [6, 6.07) is 7.84. The van der Waals surface area contributed by atoms with Crippen molar-refractivity contribution in [2.75, 3.05) is 7.11 Å². The van der Waals surface area contributed by atoms with Crippen molar-refractivity contribution in [1.29, 1.82) is 0 Å². The first-order valence-corrected chi connectivity index (χ1v) is 6.98. The molecule has 1 saturated carbocycles. The quantitative estimate of drug-likeness (QED) is 0.930. The third-order valence-electron chi connectivity index (χ3n) is 3.83. The van der Waals surface area contributed by atoms with E-state index in [0.717, 1.165) is 11.3 Å². The first kappa shape index (κ1) is 13.6. The molecule has 1 aliphatic rings. The number of methoxy groups -OCH3 is 1. The first-order valence-electron chi connectivity index (χ1n) is 6.98. The molecule has 0 spiro atoms. The maximum absolute atomic E-state index is 11.5. The molecule has 1 aromatic carbocycles. The zero-order valence-corrected chi connectivity index (χ0v) is 12.1. The molecular formula is C17H17NO3. The molecule has 1 fully saturated rings. The minimum atomic E-state index is -0.976. The number of carboxylic acids is 1. The molecule has 1 N–H and O–H groups in total. The standard InChI is InChI=1S/C17H17NO3/c1-10-7-13(15(9-18-10)17(19)20)14-8-12(11-3-4-11)5-6-16(14)21-2/h5-9,11H,3-4H2,1-2H3,(H,19,20). The average Bonchev–Trinajstić information content (AvgIpc) is 3.30. The van der Waals surface area contributed by atoms with Crippen molar-refractivity contribution in [2.24, 2.45) is 0 Å². The van der Waals surface area contributed by atoms with Gasteiger partial charge in [0.05, 0.1) is 12.7 Å². The third-order valence-corrected chi connectivity index (χ3v) is 3.83. The summed E-state index contributed by atoms with van der Waals surface area (Å²) in [5, 5.41) is 9.39. The van der Waals surface area contributed by atoms with E-state index in [0.29, 0.717) is 17.2 Å². The Morgan fingerprint density at radius 2 is 2.05 bits per heavy atom. The number of carboxylic acid groups (broad SMARTS) is 1. The Morgan fingerprint density at radius 3 is 2.67 bits per heavy atom. The molecule has 1 heterocycles. The molecule has 108 valence electrons. The van der Waals surface area contributed by atoms with Gasteiger partial charge in [0.2, 0.25) is 0 Å². The molecule has 0 atom stereocenters. The number of rotatable bonds is 4. The van der Waals surface area contributed by atoms with Crippen LogP contribution in [0.3, 0.4) is 0 Å². The Balaban J connectivity index is 2.20. The second-order valence-corrected chi connectivity index (χ2v) is 5.41. The van der Waals surface area contributed by atoms with Crippen LogP contribution in [0, 0.1) is 6.92 Å². The fraction of sp³-hybridized carbons (Fsp3) is 0.294. The molecule has 0 saturated heterocycles. The van der Waals surface area contributed by atoms with Crippen molar-refractivity contribution in [3.05, 3.63) is 47.3 Å². The number of hydrogen-bond acceptors (Lipinski definition) is 3. The van der Waals surface area contributed by atoms with E-state index in [1.807, 2.05) is 13.0 Å². The first-order chi connectivity index (χ1) is 10.1. The molecule has 0 unspecified atom stereocenters. The number of nitrogens with zero attached hydrogens (tertiary/aromatic N) is 1. The van der Waals surface area contributed by atoms with Gasteiger partial charge in [0, 0.05) is 23.0 Å². The van der Waals surface area contributed by atoms with Crippen molar-refractivity contribution < 1.29 is 14.6 Å². The minimum absolute atomic E-state index is 0.201. The highest BCUT2D eigenvalue weighted by molar-refractivity contribution is 5.96. The van der Waals surface area contributed by atoms with Crippen LogP contribution in [0.2, 0.25) is 0 Å². The van der Waals surface area contributed by atoms with Crippen LogP contribution in [-0.4, -0.2) is 23.2 Å². The van der Waals surface area contributed by atoms with Gasteiger partial charge in [-0.2, -0.15) is 0 Å². The topological polar surface area (TPSA) is 59.4 Å². The average molecular weight is 283 g/mol. The van der Waals surface area contributed by atoms with Crippen LogP contribution in [0.4, 0.5) is 0 Å². The van der Waals surface area contributed by atoms with Gasteiger partial charge in [-0.15, -0.1) is 0 Å². The molecule has 0 amide bonds. The van der Waals surface area contributed by atoms with E-state index in [1.165, 1.54) is 24.6 Å². The second-order valence-electron chi connectivity index (χ2n) is 5.41. The third kappa shape index (κ3) is 2.61. The summed E-state index contributed by atoms with van der Waals surface area (Å²) >= 11 is 0. The van der Waals surface area contributed by atoms with Crippen LogP contribution in [0.5, 0.6) is 5.75 Å². The highest BCUT2D eigenvalue weighted by atomic mass is 16.5. The van der Waals surface area contributed by atoms with E-state index < -0.39 is 5.97 Å². The lowest BCUT2D eigenvalue weighted by Gasteiger charge is -2.13. The van der Waals surface area contributed by atoms with Gasteiger partial charge in [0.15, 0.2) is 0 Å². The number of aryl methyl sites for hydroxylation is 1. The number of pyridine rings is 1. The monoisotopic (exact) mass is 283 g/mol. The molecule has 0 aliphatic heterocycles. The fourth-order valence-corrected chi connectivity index (χ4v) is 2.56. The summed E-state index contributed by atoms with van der Waals surface area (Å²) in [6.45, 7) is 1.85. The Hall–Kier alpha value is -2.36. The Bertz CT molecular complexity index is 705. The van der Waals surface area contributed by atoms with E-state index in [2.05, 4.69) is 17.1 Å². The summed E-state index contributed by atoms with van der Waals surface area (Å²) in [7, 11) is 1.60. The van der Waals surface area contributed by atoms with Crippen molar-refractivity contribution in [1.82, 2.24) is 4.98 Å². The summed E-state index contributed by atoms with van der Waals surface area (Å²) in [5.74, 6) is 0.315. The van der Waals surface area contributed by atoms with Crippen molar-refractivity contribution in [2.45, 2.75) is 25.7 Å². The number of aromatic nitrogens is 1. The zero-order chi connectivity index (χ0) is 15.0. The van der Waals surface area contributed by atoms with Gasteiger partial charge in [-0.25, -0.2) is 4.79 Å². The van der Waals surface area contributed by atoms with Crippen LogP contribution in [0.1, 0.15) is 40.4 Å². The lowest BCUT2D eigenvalue weighted by Crippen LogP contribution is -2.03. The SMILES string of the molecule is COc1ccc(C2CC2)cc1-c1cc(C)ncc1C(=O)O. The van der Waals surface area contributed by atoms with E-state index in [9.17, 15) is 9.90 Å². The van der Waals surface area contributed by atoms with Crippen molar-refractivity contribution in [3.63, 3.8) is 0 Å². The van der Waals surface area contributed by atoms with E-state index in [-0.39, 0.29) is 5.56 Å². The van der Waals surface area contributed by atoms with Gasteiger partial charge in [0.1, 0.15) is 5.75 Å². The van der Waals surface area contributed by atoms with Crippen LogP contribution >= 0.6 is 0 Å². The lowest BCUT2D eigenvalue weighted by atomic mass is 9.96. The van der Waals surface area contributed by atoms with E-state index in [4.69, 9.17) is 4.74 Å². The van der Waals surface area contributed by atoms with Crippen LogP contribution in [0.15, 0.2) is 30.5 Å². The van der Waals surface area contributed by atoms with Gasteiger partial charge >= 0.3 is 5.97 Å². The predicted octanol–water partition coefficient (Wildman–Crippen LogP) is 3.64. The molecule has 1 aliphatic carbocycles. The van der Waals surface area contributed by atoms with Gasteiger partial charge in [-0.3, -0.25) is 4.98 Å². The number of benzene rings is 1. The minimum Gasteiger partial charge on any atom is -0.496 e.